The summed E-state index contributed by atoms with van der Waals surface area (Å²) < 4.78 is 10.6. The zero-order valence-corrected chi connectivity index (χ0v) is 9.37. The van der Waals surface area contributed by atoms with Gasteiger partial charge >= 0.3 is 5.97 Å². The van der Waals surface area contributed by atoms with Gasteiger partial charge in [0.25, 0.3) is 0 Å². The van der Waals surface area contributed by atoms with E-state index in [0.717, 1.165) is 24.0 Å². The van der Waals surface area contributed by atoms with Crippen LogP contribution in [0.3, 0.4) is 0 Å². The fourth-order valence-corrected chi connectivity index (χ4v) is 2.07. The molecular weight excluding hydrogens is 208 g/mol. The van der Waals surface area contributed by atoms with Gasteiger partial charge in [0.05, 0.1) is 13.7 Å². The highest BCUT2D eigenvalue weighted by atomic mass is 16.5. The standard InChI is InChI=1S/C12H14O4/c1-3-7-6-8-4-5-16-11(8)9(12(13)14)10(7)15-2/h6H,3-5H2,1-2H3,(H,13,14). The Labute approximate surface area is 93.8 Å². The van der Waals surface area contributed by atoms with Crippen molar-refractivity contribution in [2.45, 2.75) is 19.8 Å². The van der Waals surface area contributed by atoms with Crippen molar-refractivity contribution in [3.63, 3.8) is 0 Å². The molecule has 1 aliphatic rings. The Bertz CT molecular complexity index is 437. The van der Waals surface area contributed by atoms with Crippen molar-refractivity contribution in [2.75, 3.05) is 13.7 Å². The number of aromatic carboxylic acids is 1. The molecule has 1 aliphatic heterocycles. The maximum Gasteiger partial charge on any atom is 0.343 e. The molecule has 4 heteroatoms. The number of hydrogen-bond donors (Lipinski definition) is 1. The van der Waals surface area contributed by atoms with E-state index >= 15 is 0 Å². The third-order valence-corrected chi connectivity index (χ3v) is 2.80. The predicted octanol–water partition coefficient (Wildman–Crippen LogP) is 1.89. The SMILES string of the molecule is CCc1cc2c(c(C(=O)O)c1OC)OCC2. The summed E-state index contributed by atoms with van der Waals surface area (Å²) in [6.07, 6.45) is 1.52. The van der Waals surface area contributed by atoms with Crippen LogP contribution >= 0.6 is 0 Å². The Balaban J connectivity index is 2.70. The number of rotatable bonds is 3. The van der Waals surface area contributed by atoms with Gasteiger partial charge in [-0.3, -0.25) is 0 Å². The maximum absolute atomic E-state index is 11.2. The molecule has 0 atom stereocenters. The molecule has 0 unspecified atom stereocenters. The van der Waals surface area contributed by atoms with Crippen molar-refractivity contribution < 1.29 is 19.4 Å². The largest absolute Gasteiger partial charge is 0.495 e. The van der Waals surface area contributed by atoms with Gasteiger partial charge in [0, 0.05) is 6.42 Å². The molecule has 0 bridgehead atoms. The highest BCUT2D eigenvalue weighted by Gasteiger charge is 2.27. The van der Waals surface area contributed by atoms with E-state index in [0.29, 0.717) is 18.1 Å². The van der Waals surface area contributed by atoms with E-state index in [1.807, 2.05) is 13.0 Å². The second-order valence-electron chi connectivity index (χ2n) is 3.69. The van der Waals surface area contributed by atoms with Gasteiger partial charge in [-0.05, 0) is 23.6 Å². The summed E-state index contributed by atoms with van der Waals surface area (Å²) in [7, 11) is 1.49. The summed E-state index contributed by atoms with van der Waals surface area (Å²) in [5, 5.41) is 9.22. The van der Waals surface area contributed by atoms with Crippen LogP contribution in [0.2, 0.25) is 0 Å². The number of fused-ring (bicyclic) bond motifs is 1. The average Bonchev–Trinajstić information content (AvgIpc) is 2.73. The van der Waals surface area contributed by atoms with Crippen LogP contribution in [0.25, 0.3) is 0 Å². The molecule has 0 amide bonds. The second-order valence-corrected chi connectivity index (χ2v) is 3.69. The van der Waals surface area contributed by atoms with Crippen molar-refractivity contribution in [2.24, 2.45) is 0 Å². The maximum atomic E-state index is 11.2. The second kappa shape index (κ2) is 4.04. The predicted molar refractivity (Wildman–Crippen MR) is 58.5 cm³/mol. The quantitative estimate of drug-likeness (QED) is 0.848. The minimum absolute atomic E-state index is 0.161. The normalized spacial score (nSPS) is 13.1. The Morgan fingerprint density at radius 2 is 2.38 bits per heavy atom. The highest BCUT2D eigenvalue weighted by Crippen LogP contribution is 2.39. The first kappa shape index (κ1) is 10.8. The molecule has 86 valence electrons. The van der Waals surface area contributed by atoms with Gasteiger partial charge in [-0.15, -0.1) is 0 Å². The number of benzene rings is 1. The van der Waals surface area contributed by atoms with Crippen LogP contribution in [0.4, 0.5) is 0 Å². The molecule has 0 saturated heterocycles. The lowest BCUT2D eigenvalue weighted by molar-refractivity contribution is 0.0689. The number of carboxylic acids is 1. The summed E-state index contributed by atoms with van der Waals surface area (Å²) >= 11 is 0. The van der Waals surface area contributed by atoms with E-state index in [1.165, 1.54) is 7.11 Å². The van der Waals surface area contributed by atoms with Crippen LogP contribution in [0.15, 0.2) is 6.07 Å². The van der Waals surface area contributed by atoms with Gasteiger partial charge in [0.2, 0.25) is 0 Å². The van der Waals surface area contributed by atoms with E-state index in [-0.39, 0.29) is 5.56 Å². The molecule has 0 spiro atoms. The first-order valence-corrected chi connectivity index (χ1v) is 5.27. The van der Waals surface area contributed by atoms with Crippen molar-refractivity contribution in [3.05, 3.63) is 22.8 Å². The Morgan fingerprint density at radius 3 is 2.94 bits per heavy atom. The summed E-state index contributed by atoms with van der Waals surface area (Å²) in [5.41, 5.74) is 2.05. The van der Waals surface area contributed by atoms with Gasteiger partial charge in [-0.25, -0.2) is 4.79 Å². The summed E-state index contributed by atoms with van der Waals surface area (Å²) in [6, 6.07) is 1.98. The topological polar surface area (TPSA) is 55.8 Å². The first-order valence-electron chi connectivity index (χ1n) is 5.27. The lowest BCUT2D eigenvalue weighted by atomic mass is 10.00. The number of hydrogen-bond acceptors (Lipinski definition) is 3. The first-order chi connectivity index (χ1) is 7.69. The van der Waals surface area contributed by atoms with Gasteiger partial charge in [-0.1, -0.05) is 6.92 Å². The van der Waals surface area contributed by atoms with Crippen molar-refractivity contribution in [1.82, 2.24) is 0 Å². The summed E-state index contributed by atoms with van der Waals surface area (Å²) in [5.74, 6) is -0.0949. The van der Waals surface area contributed by atoms with E-state index in [4.69, 9.17) is 9.47 Å². The third kappa shape index (κ3) is 1.50. The van der Waals surface area contributed by atoms with Crippen LogP contribution in [0.1, 0.15) is 28.4 Å². The molecule has 0 aliphatic carbocycles. The zero-order chi connectivity index (χ0) is 11.7. The van der Waals surface area contributed by atoms with E-state index in [1.54, 1.807) is 0 Å². The highest BCUT2D eigenvalue weighted by molar-refractivity contribution is 5.95. The lowest BCUT2D eigenvalue weighted by Gasteiger charge is -2.13. The van der Waals surface area contributed by atoms with Crippen molar-refractivity contribution >= 4 is 5.97 Å². The molecule has 0 saturated carbocycles. The van der Waals surface area contributed by atoms with E-state index < -0.39 is 5.97 Å². The molecule has 0 radical (unpaired) electrons. The molecule has 1 aromatic carbocycles. The fourth-order valence-electron chi connectivity index (χ4n) is 2.07. The molecule has 0 aromatic heterocycles. The molecule has 2 rings (SSSR count). The van der Waals surface area contributed by atoms with Crippen LogP contribution in [-0.4, -0.2) is 24.8 Å². The Kier molecular flexibility index (Phi) is 2.73. The Hall–Kier alpha value is -1.71. The number of ether oxygens (including phenoxy) is 2. The van der Waals surface area contributed by atoms with Gasteiger partial charge in [-0.2, -0.15) is 0 Å². The minimum atomic E-state index is -0.995. The van der Waals surface area contributed by atoms with Crippen LogP contribution in [0, 0.1) is 0 Å². The summed E-state index contributed by atoms with van der Waals surface area (Å²) in [4.78, 5) is 11.2. The molecule has 0 fully saturated rings. The Morgan fingerprint density at radius 1 is 1.62 bits per heavy atom. The lowest BCUT2D eigenvalue weighted by Crippen LogP contribution is -2.06. The number of aryl methyl sites for hydroxylation is 1. The van der Waals surface area contributed by atoms with Crippen LogP contribution < -0.4 is 9.47 Å². The van der Waals surface area contributed by atoms with Gasteiger partial charge in [0.15, 0.2) is 0 Å². The van der Waals surface area contributed by atoms with Gasteiger partial charge < -0.3 is 14.6 Å². The van der Waals surface area contributed by atoms with Crippen LogP contribution in [0.5, 0.6) is 11.5 Å². The number of carbonyl (C=O) groups is 1. The fraction of sp³-hybridized carbons (Fsp3) is 0.417. The molecule has 1 heterocycles. The zero-order valence-electron chi connectivity index (χ0n) is 9.37. The molecule has 4 nitrogen and oxygen atoms in total. The third-order valence-electron chi connectivity index (χ3n) is 2.80. The number of carboxylic acid groups (broad SMARTS) is 1. The van der Waals surface area contributed by atoms with Gasteiger partial charge in [0.1, 0.15) is 17.1 Å². The minimum Gasteiger partial charge on any atom is -0.495 e. The summed E-state index contributed by atoms with van der Waals surface area (Å²) in [6.45, 7) is 2.53. The smallest absolute Gasteiger partial charge is 0.343 e. The molecular formula is C12H14O4. The molecule has 1 N–H and O–H groups in total. The van der Waals surface area contributed by atoms with Crippen molar-refractivity contribution in [3.8, 4) is 11.5 Å². The monoisotopic (exact) mass is 222 g/mol. The number of methoxy groups -OCH3 is 1. The van der Waals surface area contributed by atoms with E-state index in [2.05, 4.69) is 0 Å². The average molecular weight is 222 g/mol. The van der Waals surface area contributed by atoms with Crippen LogP contribution in [-0.2, 0) is 12.8 Å². The van der Waals surface area contributed by atoms with Crippen molar-refractivity contribution in [1.29, 1.82) is 0 Å². The molecule has 1 aromatic rings. The van der Waals surface area contributed by atoms with E-state index in [9.17, 15) is 9.90 Å². The molecule has 16 heavy (non-hydrogen) atoms.